The van der Waals surface area contributed by atoms with E-state index in [0.717, 1.165) is 0 Å². The van der Waals surface area contributed by atoms with Gasteiger partial charge in [-0.3, -0.25) is 9.59 Å². The molecule has 0 saturated carbocycles. The number of nitrogens with one attached hydrogen (secondary N) is 1. The topological polar surface area (TPSA) is 97.1 Å². The smallest absolute Gasteiger partial charge is 0.305 e. The summed E-state index contributed by atoms with van der Waals surface area (Å²) < 4.78 is 14.5. The minimum absolute atomic E-state index is 0.0703. The minimum Gasteiger partial charge on any atom is -0.481 e. The van der Waals surface area contributed by atoms with Crippen molar-refractivity contribution in [2.45, 2.75) is 39.7 Å². The van der Waals surface area contributed by atoms with E-state index in [1.165, 1.54) is 28.9 Å². The second-order valence-corrected chi connectivity index (χ2v) is 6.47. The first-order valence-corrected chi connectivity index (χ1v) is 7.86. The molecule has 2 aromatic rings. The van der Waals surface area contributed by atoms with Crippen molar-refractivity contribution in [2.75, 3.05) is 0 Å². The van der Waals surface area contributed by atoms with Crippen LogP contribution < -0.4 is 5.32 Å². The number of carbonyl (C=O) groups excluding carboxylic acids is 1. The van der Waals surface area contributed by atoms with Crippen LogP contribution in [-0.2, 0) is 4.79 Å². The number of aryl methyl sites for hydroxylation is 1. The van der Waals surface area contributed by atoms with Crippen molar-refractivity contribution in [2.24, 2.45) is 5.92 Å². The number of hydrogen-bond donors (Lipinski definition) is 2. The van der Waals surface area contributed by atoms with Crippen LogP contribution in [0.2, 0.25) is 0 Å². The molecule has 1 heterocycles. The number of aromatic nitrogens is 3. The lowest BCUT2D eigenvalue weighted by Crippen LogP contribution is -2.51. The zero-order chi connectivity index (χ0) is 18.8. The molecule has 0 aliphatic rings. The van der Waals surface area contributed by atoms with Crippen LogP contribution in [0.4, 0.5) is 4.39 Å². The van der Waals surface area contributed by atoms with Crippen LogP contribution in [0.5, 0.6) is 0 Å². The van der Waals surface area contributed by atoms with E-state index in [0.29, 0.717) is 11.5 Å². The highest BCUT2D eigenvalue weighted by molar-refractivity contribution is 5.91. The number of halogens is 1. The highest BCUT2D eigenvalue weighted by Crippen LogP contribution is 2.21. The molecule has 0 radical (unpaired) electrons. The largest absolute Gasteiger partial charge is 0.481 e. The maximum Gasteiger partial charge on any atom is 0.305 e. The fourth-order valence-electron chi connectivity index (χ4n) is 2.34. The Morgan fingerprint density at radius 3 is 2.44 bits per heavy atom. The van der Waals surface area contributed by atoms with Crippen molar-refractivity contribution in [3.63, 3.8) is 0 Å². The summed E-state index contributed by atoms with van der Waals surface area (Å²) in [5, 5.41) is 16.0. The summed E-state index contributed by atoms with van der Waals surface area (Å²) in [6.45, 7) is 7.01. The lowest BCUT2D eigenvalue weighted by atomic mass is 9.85. The second kappa shape index (κ2) is 7.00. The summed E-state index contributed by atoms with van der Waals surface area (Å²) in [7, 11) is 0. The molecule has 0 bridgehead atoms. The standard InChI is InChI=1S/C17H21FN4O3/c1-10(2)17(4,9-14(23)24)20-16(25)15-19-11(3)22(21-15)13-7-5-12(18)6-8-13/h5-8,10H,9H2,1-4H3,(H,20,25)(H,23,24). The molecule has 0 aliphatic heterocycles. The normalized spacial score (nSPS) is 13.5. The average molecular weight is 348 g/mol. The number of hydrogen-bond acceptors (Lipinski definition) is 4. The third-order valence-electron chi connectivity index (χ3n) is 4.24. The molecule has 0 saturated heterocycles. The van der Waals surface area contributed by atoms with Gasteiger partial charge in [0, 0.05) is 0 Å². The highest BCUT2D eigenvalue weighted by atomic mass is 19.1. The Kier molecular flexibility index (Phi) is 5.20. The Hall–Kier alpha value is -2.77. The molecular weight excluding hydrogens is 327 g/mol. The summed E-state index contributed by atoms with van der Waals surface area (Å²) in [6.07, 6.45) is -0.214. The van der Waals surface area contributed by atoms with E-state index in [9.17, 15) is 14.0 Å². The molecule has 2 rings (SSSR count). The fraction of sp³-hybridized carbons (Fsp3) is 0.412. The van der Waals surface area contributed by atoms with Crippen molar-refractivity contribution >= 4 is 11.9 Å². The van der Waals surface area contributed by atoms with Gasteiger partial charge >= 0.3 is 5.97 Å². The molecular formula is C17H21FN4O3. The van der Waals surface area contributed by atoms with Crippen molar-refractivity contribution in [1.29, 1.82) is 0 Å². The number of carboxylic acid groups (broad SMARTS) is 1. The molecule has 0 spiro atoms. The van der Waals surface area contributed by atoms with E-state index in [-0.39, 0.29) is 24.0 Å². The molecule has 1 aromatic heterocycles. The SMILES string of the molecule is Cc1nc(C(=O)NC(C)(CC(=O)O)C(C)C)nn1-c1ccc(F)cc1. The molecule has 25 heavy (non-hydrogen) atoms. The number of amides is 1. The first-order valence-electron chi connectivity index (χ1n) is 7.86. The average Bonchev–Trinajstić information content (AvgIpc) is 2.89. The Balaban J connectivity index is 2.27. The van der Waals surface area contributed by atoms with Crippen molar-refractivity contribution in [1.82, 2.24) is 20.1 Å². The minimum atomic E-state index is -1.00. The Morgan fingerprint density at radius 2 is 1.92 bits per heavy atom. The summed E-state index contributed by atoms with van der Waals surface area (Å²) in [5.41, 5.74) is -0.361. The zero-order valence-corrected chi connectivity index (χ0v) is 14.6. The molecule has 1 aromatic carbocycles. The number of benzene rings is 1. The van der Waals surface area contributed by atoms with E-state index in [4.69, 9.17) is 5.11 Å². The number of nitrogens with zero attached hydrogens (tertiary/aromatic N) is 3. The first kappa shape index (κ1) is 18.6. The highest BCUT2D eigenvalue weighted by Gasteiger charge is 2.34. The van der Waals surface area contributed by atoms with Gasteiger partial charge in [0.1, 0.15) is 11.6 Å². The molecule has 2 N–H and O–H groups in total. The molecule has 1 unspecified atom stereocenters. The third-order valence-corrected chi connectivity index (χ3v) is 4.24. The summed E-state index contributed by atoms with van der Waals surface area (Å²) in [4.78, 5) is 27.7. The number of carboxylic acids is 1. The molecule has 0 aliphatic carbocycles. The molecule has 1 amide bonds. The van der Waals surface area contributed by atoms with Crippen LogP contribution >= 0.6 is 0 Å². The lowest BCUT2D eigenvalue weighted by molar-refractivity contribution is -0.138. The van der Waals surface area contributed by atoms with Gasteiger partial charge in [0.25, 0.3) is 5.91 Å². The maximum atomic E-state index is 13.0. The van der Waals surface area contributed by atoms with Gasteiger partial charge in [-0.1, -0.05) is 13.8 Å². The van der Waals surface area contributed by atoms with Gasteiger partial charge in [0.15, 0.2) is 0 Å². The predicted octanol–water partition coefficient (Wildman–Crippen LogP) is 2.33. The number of carbonyl (C=O) groups is 2. The fourth-order valence-corrected chi connectivity index (χ4v) is 2.34. The quantitative estimate of drug-likeness (QED) is 0.835. The summed E-state index contributed by atoms with van der Waals surface area (Å²) in [5.74, 6) is -1.65. The van der Waals surface area contributed by atoms with Gasteiger partial charge in [0.2, 0.25) is 5.82 Å². The Labute approximate surface area is 144 Å². The van der Waals surface area contributed by atoms with Gasteiger partial charge in [-0.2, -0.15) is 0 Å². The van der Waals surface area contributed by atoms with E-state index in [2.05, 4.69) is 15.4 Å². The second-order valence-electron chi connectivity index (χ2n) is 6.47. The van der Waals surface area contributed by atoms with E-state index >= 15 is 0 Å². The van der Waals surface area contributed by atoms with Gasteiger partial charge in [-0.25, -0.2) is 14.1 Å². The lowest BCUT2D eigenvalue weighted by Gasteiger charge is -2.32. The van der Waals surface area contributed by atoms with Crippen molar-refractivity contribution < 1.29 is 19.1 Å². The van der Waals surface area contributed by atoms with Crippen LogP contribution in [0.25, 0.3) is 5.69 Å². The van der Waals surface area contributed by atoms with Crippen LogP contribution in [0.15, 0.2) is 24.3 Å². The predicted molar refractivity (Wildman–Crippen MR) is 89.0 cm³/mol. The molecule has 1 atom stereocenters. The number of rotatable bonds is 6. The van der Waals surface area contributed by atoms with Crippen LogP contribution in [0.1, 0.15) is 43.6 Å². The Bertz CT molecular complexity index is 786. The molecule has 8 heteroatoms. The first-order chi connectivity index (χ1) is 11.6. The van der Waals surface area contributed by atoms with E-state index in [1.54, 1.807) is 13.8 Å². The van der Waals surface area contributed by atoms with E-state index in [1.807, 2.05) is 13.8 Å². The van der Waals surface area contributed by atoms with Gasteiger partial charge in [0.05, 0.1) is 17.6 Å². The van der Waals surface area contributed by atoms with E-state index < -0.39 is 17.4 Å². The molecule has 134 valence electrons. The van der Waals surface area contributed by atoms with Gasteiger partial charge < -0.3 is 10.4 Å². The van der Waals surface area contributed by atoms with Crippen LogP contribution in [-0.4, -0.2) is 37.3 Å². The van der Waals surface area contributed by atoms with Crippen LogP contribution in [0.3, 0.4) is 0 Å². The molecule has 7 nitrogen and oxygen atoms in total. The Morgan fingerprint density at radius 1 is 1.32 bits per heavy atom. The zero-order valence-electron chi connectivity index (χ0n) is 14.6. The van der Waals surface area contributed by atoms with Gasteiger partial charge in [-0.15, -0.1) is 5.10 Å². The van der Waals surface area contributed by atoms with Crippen molar-refractivity contribution in [3.8, 4) is 5.69 Å². The third kappa shape index (κ3) is 4.20. The van der Waals surface area contributed by atoms with Crippen LogP contribution in [0, 0.1) is 18.7 Å². The summed E-state index contributed by atoms with van der Waals surface area (Å²) >= 11 is 0. The van der Waals surface area contributed by atoms with Gasteiger partial charge in [-0.05, 0) is 44.0 Å². The summed E-state index contributed by atoms with van der Waals surface area (Å²) in [6, 6.07) is 5.64. The monoisotopic (exact) mass is 348 g/mol. The molecule has 0 fully saturated rings. The van der Waals surface area contributed by atoms with Crippen molar-refractivity contribution in [3.05, 3.63) is 41.7 Å². The number of aliphatic carboxylic acids is 1. The maximum absolute atomic E-state index is 13.0.